The lowest BCUT2D eigenvalue weighted by molar-refractivity contribution is 0.430. The molecular formula is C11H12BrNO2. The zero-order chi connectivity index (χ0) is 11.8. The molecule has 0 saturated carbocycles. The fourth-order valence-electron chi connectivity index (χ4n) is 1.29. The number of phenolic OH excluding ortho intramolecular Hbond substituents is 2. The molecule has 2 N–H and O–H groups in total. The van der Waals surface area contributed by atoms with E-state index in [2.05, 4.69) is 22.0 Å². The van der Waals surface area contributed by atoms with Crippen molar-refractivity contribution in [3.05, 3.63) is 21.7 Å². The first-order valence-corrected chi connectivity index (χ1v) is 5.23. The van der Waals surface area contributed by atoms with E-state index in [4.69, 9.17) is 5.26 Å². The molecule has 0 saturated heterocycles. The smallest absolute Gasteiger partial charge is 0.138 e. The minimum atomic E-state index is -0.787. The van der Waals surface area contributed by atoms with Gasteiger partial charge in [-0.3, -0.25) is 0 Å². The summed E-state index contributed by atoms with van der Waals surface area (Å²) in [7, 11) is 0. The molecule has 0 heterocycles. The number of phenols is 2. The molecule has 0 aliphatic carbocycles. The SMILES string of the molecule is Cc1cc(C(C)(C)C#N)c(O)c(Br)c1O. The fourth-order valence-corrected chi connectivity index (χ4v) is 1.82. The molecule has 0 bridgehead atoms. The summed E-state index contributed by atoms with van der Waals surface area (Å²) in [5, 5.41) is 28.4. The maximum atomic E-state index is 9.81. The number of hydrogen-bond acceptors (Lipinski definition) is 3. The molecule has 1 aromatic carbocycles. The molecule has 0 unspecified atom stereocenters. The Morgan fingerprint density at radius 2 is 1.87 bits per heavy atom. The van der Waals surface area contributed by atoms with Gasteiger partial charge in [-0.05, 0) is 48.3 Å². The Labute approximate surface area is 97.1 Å². The van der Waals surface area contributed by atoms with Crippen LogP contribution in [0.5, 0.6) is 11.5 Å². The van der Waals surface area contributed by atoms with Crippen molar-refractivity contribution in [1.29, 1.82) is 5.26 Å². The lowest BCUT2D eigenvalue weighted by Gasteiger charge is -2.19. The monoisotopic (exact) mass is 269 g/mol. The van der Waals surface area contributed by atoms with E-state index in [1.54, 1.807) is 26.8 Å². The van der Waals surface area contributed by atoms with Gasteiger partial charge in [-0.2, -0.15) is 5.26 Å². The summed E-state index contributed by atoms with van der Waals surface area (Å²) in [4.78, 5) is 0. The third-order valence-corrected chi connectivity index (χ3v) is 3.11. The highest BCUT2D eigenvalue weighted by Gasteiger charge is 2.26. The first-order chi connectivity index (χ1) is 6.81. The van der Waals surface area contributed by atoms with Crippen molar-refractivity contribution < 1.29 is 10.2 Å². The molecule has 15 heavy (non-hydrogen) atoms. The van der Waals surface area contributed by atoms with Gasteiger partial charge in [0.25, 0.3) is 0 Å². The van der Waals surface area contributed by atoms with E-state index in [-0.39, 0.29) is 16.0 Å². The molecular weight excluding hydrogens is 258 g/mol. The summed E-state index contributed by atoms with van der Waals surface area (Å²) in [6.45, 7) is 5.15. The van der Waals surface area contributed by atoms with Crippen molar-refractivity contribution in [3.8, 4) is 17.6 Å². The van der Waals surface area contributed by atoms with Crippen molar-refractivity contribution in [1.82, 2.24) is 0 Å². The van der Waals surface area contributed by atoms with Crippen LogP contribution in [0.2, 0.25) is 0 Å². The number of halogens is 1. The maximum Gasteiger partial charge on any atom is 0.138 e. The van der Waals surface area contributed by atoms with Gasteiger partial charge >= 0.3 is 0 Å². The van der Waals surface area contributed by atoms with Gasteiger partial charge in [0.2, 0.25) is 0 Å². The highest BCUT2D eigenvalue weighted by atomic mass is 79.9. The molecule has 3 nitrogen and oxygen atoms in total. The van der Waals surface area contributed by atoms with E-state index >= 15 is 0 Å². The Balaban J connectivity index is 3.54. The number of aryl methyl sites for hydroxylation is 1. The minimum Gasteiger partial charge on any atom is -0.506 e. The molecule has 0 aliphatic rings. The summed E-state index contributed by atoms with van der Waals surface area (Å²) in [5.74, 6) is -0.0744. The summed E-state index contributed by atoms with van der Waals surface area (Å²) in [6, 6.07) is 3.73. The molecule has 0 amide bonds. The van der Waals surface area contributed by atoms with Crippen LogP contribution < -0.4 is 0 Å². The standard InChI is InChI=1S/C11H12BrNO2/c1-6-4-7(11(2,3)5-13)10(15)8(12)9(6)14/h4,14-15H,1-3H3. The molecule has 0 radical (unpaired) electrons. The second-order valence-electron chi connectivity index (χ2n) is 3.99. The van der Waals surface area contributed by atoms with Gasteiger partial charge in [-0.1, -0.05) is 0 Å². The summed E-state index contributed by atoms with van der Waals surface area (Å²) < 4.78 is 0.237. The summed E-state index contributed by atoms with van der Waals surface area (Å²) in [5.41, 5.74) is 0.343. The van der Waals surface area contributed by atoms with Crippen LogP contribution in [-0.2, 0) is 5.41 Å². The van der Waals surface area contributed by atoms with E-state index in [9.17, 15) is 10.2 Å². The van der Waals surface area contributed by atoms with Crippen LogP contribution in [0.3, 0.4) is 0 Å². The predicted molar refractivity (Wildman–Crippen MR) is 60.8 cm³/mol. The first-order valence-electron chi connectivity index (χ1n) is 4.44. The van der Waals surface area contributed by atoms with Crippen molar-refractivity contribution in [3.63, 3.8) is 0 Å². The number of nitriles is 1. The molecule has 0 atom stereocenters. The van der Waals surface area contributed by atoms with E-state index in [0.717, 1.165) is 0 Å². The van der Waals surface area contributed by atoms with Gasteiger partial charge in [0.05, 0.1) is 11.5 Å². The number of nitrogens with zero attached hydrogens (tertiary/aromatic N) is 1. The van der Waals surface area contributed by atoms with Gasteiger partial charge in [-0.15, -0.1) is 0 Å². The van der Waals surface area contributed by atoms with Gasteiger partial charge in [-0.25, -0.2) is 0 Å². The van der Waals surface area contributed by atoms with Gasteiger partial charge in [0.15, 0.2) is 0 Å². The lowest BCUT2D eigenvalue weighted by atomic mass is 9.84. The molecule has 4 heteroatoms. The summed E-state index contributed by atoms with van der Waals surface area (Å²) >= 11 is 3.09. The number of rotatable bonds is 1. The first kappa shape index (κ1) is 11.9. The fraction of sp³-hybridized carbons (Fsp3) is 0.364. The Bertz CT molecular complexity index is 447. The second-order valence-corrected chi connectivity index (χ2v) is 4.78. The highest BCUT2D eigenvalue weighted by Crippen LogP contribution is 2.42. The lowest BCUT2D eigenvalue weighted by Crippen LogP contribution is -2.14. The average molecular weight is 270 g/mol. The van der Waals surface area contributed by atoms with Crippen molar-refractivity contribution in [2.45, 2.75) is 26.2 Å². The van der Waals surface area contributed by atoms with Crippen LogP contribution in [0.1, 0.15) is 25.0 Å². The van der Waals surface area contributed by atoms with Crippen LogP contribution in [0.4, 0.5) is 0 Å². The van der Waals surface area contributed by atoms with E-state index in [0.29, 0.717) is 11.1 Å². The van der Waals surface area contributed by atoms with Gasteiger partial charge < -0.3 is 10.2 Å². The zero-order valence-electron chi connectivity index (χ0n) is 8.80. The van der Waals surface area contributed by atoms with Crippen molar-refractivity contribution in [2.75, 3.05) is 0 Å². The second kappa shape index (κ2) is 3.74. The van der Waals surface area contributed by atoms with Crippen LogP contribution in [0.25, 0.3) is 0 Å². The average Bonchev–Trinajstić information content (AvgIpc) is 2.20. The molecule has 1 rings (SSSR count). The molecule has 0 fully saturated rings. The van der Waals surface area contributed by atoms with Crippen molar-refractivity contribution >= 4 is 15.9 Å². The van der Waals surface area contributed by atoms with Crippen LogP contribution >= 0.6 is 15.9 Å². The third-order valence-electron chi connectivity index (χ3n) is 2.36. The minimum absolute atomic E-state index is 0.00462. The largest absolute Gasteiger partial charge is 0.506 e. The van der Waals surface area contributed by atoms with Gasteiger partial charge in [0, 0.05) is 5.56 Å². The molecule has 0 aliphatic heterocycles. The van der Waals surface area contributed by atoms with E-state index in [1.807, 2.05) is 0 Å². The predicted octanol–water partition coefficient (Wildman–Crippen LogP) is 2.97. The quantitative estimate of drug-likeness (QED) is 0.824. The maximum absolute atomic E-state index is 9.81. The summed E-state index contributed by atoms with van der Waals surface area (Å²) in [6.07, 6.45) is 0. The topological polar surface area (TPSA) is 64.2 Å². The van der Waals surface area contributed by atoms with Crippen LogP contribution in [-0.4, -0.2) is 10.2 Å². The highest BCUT2D eigenvalue weighted by molar-refractivity contribution is 9.10. The molecule has 1 aromatic rings. The van der Waals surface area contributed by atoms with E-state index in [1.165, 1.54) is 0 Å². The normalized spacial score (nSPS) is 11.1. The van der Waals surface area contributed by atoms with Gasteiger partial charge in [0.1, 0.15) is 16.0 Å². The Morgan fingerprint density at radius 3 is 2.33 bits per heavy atom. The van der Waals surface area contributed by atoms with E-state index < -0.39 is 5.41 Å². The number of hydrogen-bond donors (Lipinski definition) is 2. The zero-order valence-corrected chi connectivity index (χ0v) is 10.4. The third kappa shape index (κ3) is 1.93. The van der Waals surface area contributed by atoms with Crippen LogP contribution in [0.15, 0.2) is 10.5 Å². The van der Waals surface area contributed by atoms with Crippen LogP contribution in [0, 0.1) is 18.3 Å². The molecule has 80 valence electrons. The molecule has 0 spiro atoms. The molecule has 0 aromatic heterocycles. The van der Waals surface area contributed by atoms with Crippen molar-refractivity contribution in [2.24, 2.45) is 0 Å². The Kier molecular flexibility index (Phi) is 2.96. The number of aromatic hydroxyl groups is 2. The number of benzene rings is 1. The Hall–Kier alpha value is -1.21. The Morgan fingerprint density at radius 1 is 1.33 bits per heavy atom.